The van der Waals surface area contributed by atoms with E-state index < -0.39 is 23.9 Å². The lowest BCUT2D eigenvalue weighted by atomic mass is 10.0. The highest BCUT2D eigenvalue weighted by Gasteiger charge is 2.37. The van der Waals surface area contributed by atoms with E-state index in [-0.39, 0.29) is 16.8 Å². The summed E-state index contributed by atoms with van der Waals surface area (Å²) in [5.74, 6) is -0.797. The van der Waals surface area contributed by atoms with Crippen LogP contribution in [0.3, 0.4) is 0 Å². The number of epoxide rings is 1. The number of halogens is 3. The fourth-order valence-electron chi connectivity index (χ4n) is 1.64. The number of nitrogens with two attached hydrogens (primary N) is 1. The van der Waals surface area contributed by atoms with Crippen molar-refractivity contribution in [1.82, 2.24) is 4.98 Å². The van der Waals surface area contributed by atoms with Gasteiger partial charge in [-0.2, -0.15) is 13.2 Å². The van der Waals surface area contributed by atoms with Crippen LogP contribution in [-0.4, -0.2) is 17.5 Å². The second-order valence-corrected chi connectivity index (χ2v) is 3.74. The Bertz CT molecular complexity index is 481. The second kappa shape index (κ2) is 3.69. The predicted molar refractivity (Wildman–Crippen MR) is 51.2 cm³/mol. The highest BCUT2D eigenvalue weighted by atomic mass is 19.4. The summed E-state index contributed by atoms with van der Waals surface area (Å²) in [6, 6.07) is 0.824. The first-order valence-electron chi connectivity index (χ1n) is 4.81. The van der Waals surface area contributed by atoms with Crippen LogP contribution in [0.2, 0.25) is 0 Å². The molecule has 2 N–H and O–H groups in total. The zero-order chi connectivity index (χ0) is 12.8. The van der Waals surface area contributed by atoms with E-state index in [0.717, 1.165) is 6.07 Å². The average Bonchev–Trinajstić information content (AvgIpc) is 2.96. The molecule has 17 heavy (non-hydrogen) atoms. The summed E-state index contributed by atoms with van der Waals surface area (Å²) < 4.78 is 42.5. The topological polar surface area (TPSA) is 68.5 Å². The van der Waals surface area contributed by atoms with E-state index in [1.54, 1.807) is 0 Å². The van der Waals surface area contributed by atoms with Gasteiger partial charge in [-0.25, -0.2) is 4.98 Å². The van der Waals surface area contributed by atoms with Crippen LogP contribution in [0.5, 0.6) is 0 Å². The number of hydrogen-bond donors (Lipinski definition) is 1. The minimum Gasteiger partial charge on any atom is -0.368 e. The molecule has 92 valence electrons. The Morgan fingerprint density at radius 1 is 1.59 bits per heavy atom. The van der Waals surface area contributed by atoms with E-state index in [1.165, 1.54) is 6.92 Å². The van der Waals surface area contributed by atoms with Gasteiger partial charge in [0.1, 0.15) is 11.8 Å². The lowest BCUT2D eigenvalue weighted by Crippen LogP contribution is -2.19. The minimum atomic E-state index is -4.55. The molecule has 1 aromatic rings. The Morgan fingerprint density at radius 3 is 2.59 bits per heavy atom. The van der Waals surface area contributed by atoms with Gasteiger partial charge in [-0.1, -0.05) is 0 Å². The molecule has 1 unspecified atom stereocenters. The number of carbonyl (C=O) groups is 1. The molecule has 0 radical (unpaired) electrons. The van der Waals surface area contributed by atoms with E-state index in [9.17, 15) is 18.0 Å². The largest absolute Gasteiger partial charge is 0.433 e. The number of ether oxygens (including phenoxy) is 1. The maximum atomic E-state index is 12.5. The molecule has 0 saturated carbocycles. The van der Waals surface area contributed by atoms with E-state index >= 15 is 0 Å². The molecule has 1 saturated heterocycles. The number of carbonyl (C=O) groups excluding carboxylic acids is 1. The molecule has 0 spiro atoms. The smallest absolute Gasteiger partial charge is 0.368 e. The van der Waals surface area contributed by atoms with Crippen molar-refractivity contribution >= 4 is 5.91 Å². The van der Waals surface area contributed by atoms with Gasteiger partial charge in [0.05, 0.1) is 17.9 Å². The number of rotatable bonds is 2. The van der Waals surface area contributed by atoms with Crippen molar-refractivity contribution < 1.29 is 22.7 Å². The fourth-order valence-corrected chi connectivity index (χ4v) is 1.64. The predicted octanol–water partition coefficient (Wildman–Crippen LogP) is 1.58. The van der Waals surface area contributed by atoms with Crippen molar-refractivity contribution in [1.29, 1.82) is 0 Å². The summed E-state index contributed by atoms with van der Waals surface area (Å²) in [7, 11) is 0. The van der Waals surface area contributed by atoms with E-state index in [2.05, 4.69) is 4.98 Å². The van der Waals surface area contributed by atoms with Gasteiger partial charge < -0.3 is 10.5 Å². The molecule has 0 aliphatic carbocycles. The SMILES string of the molecule is Cc1nc(C(F)(F)F)cc(C2CO2)c1C(N)=O. The Hall–Kier alpha value is -1.63. The third-order valence-corrected chi connectivity index (χ3v) is 2.45. The van der Waals surface area contributed by atoms with E-state index in [4.69, 9.17) is 10.5 Å². The Morgan fingerprint density at radius 2 is 2.18 bits per heavy atom. The first-order chi connectivity index (χ1) is 7.80. The molecular formula is C10H9F3N2O2. The number of hydrogen-bond acceptors (Lipinski definition) is 3. The fraction of sp³-hybridized carbons (Fsp3) is 0.400. The lowest BCUT2D eigenvalue weighted by molar-refractivity contribution is -0.141. The van der Waals surface area contributed by atoms with Crippen LogP contribution >= 0.6 is 0 Å². The number of alkyl halides is 3. The molecule has 1 aliphatic heterocycles. The first-order valence-corrected chi connectivity index (χ1v) is 4.81. The van der Waals surface area contributed by atoms with Gasteiger partial charge in [0.15, 0.2) is 0 Å². The number of pyridine rings is 1. The van der Waals surface area contributed by atoms with Gasteiger partial charge in [0.2, 0.25) is 0 Å². The van der Waals surface area contributed by atoms with Crippen molar-refractivity contribution in [3.05, 3.63) is 28.6 Å². The van der Waals surface area contributed by atoms with Gasteiger partial charge in [-0.15, -0.1) is 0 Å². The Labute approximate surface area is 94.6 Å². The molecule has 1 atom stereocenters. The van der Waals surface area contributed by atoms with Crippen LogP contribution in [-0.2, 0) is 10.9 Å². The molecule has 2 heterocycles. The van der Waals surface area contributed by atoms with Gasteiger partial charge in [0.25, 0.3) is 5.91 Å². The third kappa shape index (κ3) is 2.23. The van der Waals surface area contributed by atoms with Gasteiger partial charge in [-0.3, -0.25) is 4.79 Å². The van der Waals surface area contributed by atoms with Crippen LogP contribution in [0.1, 0.15) is 33.4 Å². The molecule has 7 heteroatoms. The van der Waals surface area contributed by atoms with Crippen LogP contribution in [0.4, 0.5) is 13.2 Å². The molecule has 4 nitrogen and oxygen atoms in total. The molecule has 1 amide bonds. The monoisotopic (exact) mass is 246 g/mol. The average molecular weight is 246 g/mol. The molecule has 0 aromatic carbocycles. The zero-order valence-corrected chi connectivity index (χ0v) is 8.84. The number of nitrogens with zero attached hydrogens (tertiary/aromatic N) is 1. The second-order valence-electron chi connectivity index (χ2n) is 3.74. The van der Waals surface area contributed by atoms with Crippen molar-refractivity contribution in [3.63, 3.8) is 0 Å². The van der Waals surface area contributed by atoms with Gasteiger partial charge in [0, 0.05) is 0 Å². The van der Waals surface area contributed by atoms with Crippen LogP contribution in [0.25, 0.3) is 0 Å². The number of aryl methyl sites for hydroxylation is 1. The lowest BCUT2D eigenvalue weighted by Gasteiger charge is -2.12. The van der Waals surface area contributed by atoms with Crippen LogP contribution < -0.4 is 5.73 Å². The first kappa shape index (κ1) is 11.8. The summed E-state index contributed by atoms with van der Waals surface area (Å²) in [4.78, 5) is 14.5. The minimum absolute atomic E-state index is 0.0144. The third-order valence-electron chi connectivity index (χ3n) is 2.45. The summed E-state index contributed by atoms with van der Waals surface area (Å²) in [6.07, 6.45) is -5.04. The molecule has 2 rings (SSSR count). The van der Waals surface area contributed by atoms with Crippen molar-refractivity contribution in [2.45, 2.75) is 19.2 Å². The molecule has 1 fully saturated rings. The van der Waals surface area contributed by atoms with E-state index in [0.29, 0.717) is 6.61 Å². The van der Waals surface area contributed by atoms with Gasteiger partial charge in [-0.05, 0) is 18.6 Å². The van der Waals surface area contributed by atoms with Crippen molar-refractivity contribution in [2.24, 2.45) is 5.73 Å². The maximum absolute atomic E-state index is 12.5. The molecule has 1 aliphatic rings. The summed E-state index contributed by atoms with van der Waals surface area (Å²) in [5, 5.41) is 0. The molecule has 0 bridgehead atoms. The van der Waals surface area contributed by atoms with Crippen LogP contribution in [0, 0.1) is 6.92 Å². The van der Waals surface area contributed by atoms with Crippen molar-refractivity contribution in [2.75, 3.05) is 6.61 Å². The standard InChI is InChI=1S/C10H9F3N2O2/c1-4-8(9(14)16)5(6-3-17-6)2-7(15-4)10(11,12)13/h2,6H,3H2,1H3,(H2,14,16). The molecule has 1 aromatic heterocycles. The zero-order valence-electron chi connectivity index (χ0n) is 8.84. The summed E-state index contributed by atoms with van der Waals surface area (Å²) >= 11 is 0. The van der Waals surface area contributed by atoms with Crippen LogP contribution in [0.15, 0.2) is 6.07 Å². The Balaban J connectivity index is 2.60. The Kier molecular flexibility index (Phi) is 2.57. The molecular weight excluding hydrogens is 237 g/mol. The number of primary amides is 1. The highest BCUT2D eigenvalue weighted by Crippen LogP contribution is 2.37. The highest BCUT2D eigenvalue weighted by molar-refractivity contribution is 5.95. The summed E-state index contributed by atoms with van der Waals surface area (Å²) in [5.41, 5.74) is 4.24. The van der Waals surface area contributed by atoms with Crippen molar-refractivity contribution in [3.8, 4) is 0 Å². The van der Waals surface area contributed by atoms with E-state index in [1.807, 2.05) is 0 Å². The normalized spacial score (nSPS) is 19.2. The number of aromatic nitrogens is 1. The quantitative estimate of drug-likeness (QED) is 0.805. The maximum Gasteiger partial charge on any atom is 0.433 e. The number of amides is 1. The summed E-state index contributed by atoms with van der Waals surface area (Å²) in [6.45, 7) is 1.61. The van der Waals surface area contributed by atoms with Gasteiger partial charge >= 0.3 is 6.18 Å².